The molecule has 2 unspecified atom stereocenters. The fourth-order valence-electron chi connectivity index (χ4n) is 6.34. The van der Waals surface area contributed by atoms with Crippen molar-refractivity contribution in [1.29, 1.82) is 0 Å². The molecule has 2 atom stereocenters. The first-order chi connectivity index (χ1) is 21.3. The number of benzene rings is 3. The maximum absolute atomic E-state index is 14.2. The molecule has 8 nitrogen and oxygen atoms in total. The first-order valence-corrected chi connectivity index (χ1v) is 15.2. The van der Waals surface area contributed by atoms with Crippen LogP contribution in [0.1, 0.15) is 48.4 Å². The molecule has 3 aromatic carbocycles. The number of hydrogen-bond donors (Lipinski definition) is 1. The van der Waals surface area contributed by atoms with Crippen molar-refractivity contribution in [1.82, 2.24) is 10.2 Å². The van der Waals surface area contributed by atoms with Crippen LogP contribution in [0.25, 0.3) is 0 Å². The molecule has 0 bridgehead atoms. The van der Waals surface area contributed by atoms with E-state index in [0.717, 1.165) is 16.8 Å². The van der Waals surface area contributed by atoms with Gasteiger partial charge in [0.2, 0.25) is 17.7 Å². The second-order valence-electron chi connectivity index (χ2n) is 11.5. The number of halogens is 1. The zero-order valence-corrected chi connectivity index (χ0v) is 25.6. The van der Waals surface area contributed by atoms with Crippen molar-refractivity contribution in [2.75, 3.05) is 38.8 Å². The zero-order chi connectivity index (χ0) is 31.2. The zero-order valence-electron chi connectivity index (χ0n) is 25.6. The van der Waals surface area contributed by atoms with Crippen LogP contribution in [0.15, 0.2) is 66.7 Å². The minimum Gasteiger partial charge on any atom is -0.493 e. The molecule has 2 aliphatic rings. The Morgan fingerprint density at radius 1 is 0.932 bits per heavy atom. The van der Waals surface area contributed by atoms with E-state index in [1.807, 2.05) is 48.2 Å². The van der Waals surface area contributed by atoms with Crippen molar-refractivity contribution in [2.45, 2.75) is 45.1 Å². The number of amides is 3. The summed E-state index contributed by atoms with van der Waals surface area (Å²) in [6.07, 6.45) is 2.20. The minimum atomic E-state index is -0.536. The van der Waals surface area contributed by atoms with Crippen LogP contribution in [0.5, 0.6) is 11.5 Å². The predicted octanol–water partition coefficient (Wildman–Crippen LogP) is 5.23. The SMILES string of the molecule is COc1ccc(C2C(C(=O)N3CCC(C(=O)NCCc4ccccc4F)CC3)CCC(=O)N2c2ccc(C)cc2)cc1OC. The van der Waals surface area contributed by atoms with E-state index in [1.54, 1.807) is 43.4 Å². The van der Waals surface area contributed by atoms with Crippen molar-refractivity contribution < 1.29 is 28.2 Å². The number of nitrogens with one attached hydrogen (secondary N) is 1. The number of rotatable bonds is 9. The molecule has 3 aromatic rings. The number of aryl methyl sites for hydroxylation is 1. The lowest BCUT2D eigenvalue weighted by atomic mass is 9.82. The average molecular weight is 602 g/mol. The molecule has 2 saturated heterocycles. The van der Waals surface area contributed by atoms with Crippen LogP contribution in [0.3, 0.4) is 0 Å². The van der Waals surface area contributed by atoms with Crippen molar-refractivity contribution >= 4 is 23.4 Å². The van der Waals surface area contributed by atoms with Crippen LogP contribution < -0.4 is 19.7 Å². The highest BCUT2D eigenvalue weighted by Gasteiger charge is 2.44. The third-order valence-corrected chi connectivity index (χ3v) is 8.80. The number of piperidine rings is 2. The third kappa shape index (κ3) is 6.72. The van der Waals surface area contributed by atoms with E-state index in [4.69, 9.17) is 9.47 Å². The van der Waals surface area contributed by atoms with Gasteiger partial charge in [-0.25, -0.2) is 4.39 Å². The summed E-state index contributed by atoms with van der Waals surface area (Å²) in [5, 5.41) is 2.94. The number of methoxy groups -OCH3 is 2. The number of carbonyl (C=O) groups is 3. The summed E-state index contributed by atoms with van der Waals surface area (Å²) < 4.78 is 24.9. The van der Waals surface area contributed by atoms with Gasteiger partial charge in [0.25, 0.3) is 0 Å². The highest BCUT2D eigenvalue weighted by molar-refractivity contribution is 5.97. The molecule has 0 radical (unpaired) electrons. The van der Waals surface area contributed by atoms with Crippen LogP contribution in [0.4, 0.5) is 10.1 Å². The quantitative estimate of drug-likeness (QED) is 0.363. The molecule has 2 fully saturated rings. The molecule has 2 aliphatic heterocycles. The Morgan fingerprint density at radius 3 is 2.32 bits per heavy atom. The summed E-state index contributed by atoms with van der Waals surface area (Å²) in [7, 11) is 3.13. The first-order valence-electron chi connectivity index (χ1n) is 15.2. The Kier molecular flexibility index (Phi) is 9.82. The van der Waals surface area contributed by atoms with Crippen LogP contribution in [0, 0.1) is 24.6 Å². The number of hydrogen-bond acceptors (Lipinski definition) is 5. The van der Waals surface area contributed by atoms with Gasteiger partial charge in [0, 0.05) is 37.7 Å². The van der Waals surface area contributed by atoms with Crippen molar-refractivity contribution in [3.05, 3.63) is 89.2 Å². The number of ether oxygens (including phenoxy) is 2. The Bertz CT molecular complexity index is 1490. The molecule has 1 N–H and O–H groups in total. The Hall–Kier alpha value is -4.40. The van der Waals surface area contributed by atoms with Crippen LogP contribution >= 0.6 is 0 Å². The van der Waals surface area contributed by atoms with Crippen LogP contribution in [-0.2, 0) is 20.8 Å². The van der Waals surface area contributed by atoms with Gasteiger partial charge in [-0.3, -0.25) is 14.4 Å². The van der Waals surface area contributed by atoms with Gasteiger partial charge in [0.15, 0.2) is 11.5 Å². The normalized spacial score (nSPS) is 19.0. The summed E-state index contributed by atoms with van der Waals surface area (Å²) in [6.45, 7) is 3.26. The van der Waals surface area contributed by atoms with E-state index in [2.05, 4.69) is 5.32 Å². The van der Waals surface area contributed by atoms with Crippen molar-refractivity contribution in [3.8, 4) is 11.5 Å². The van der Waals surface area contributed by atoms with Gasteiger partial charge >= 0.3 is 0 Å². The highest BCUT2D eigenvalue weighted by atomic mass is 19.1. The topological polar surface area (TPSA) is 88.2 Å². The molecule has 0 saturated carbocycles. The average Bonchev–Trinajstić information content (AvgIpc) is 3.05. The van der Waals surface area contributed by atoms with Gasteiger partial charge in [-0.05, 0) is 74.1 Å². The second-order valence-corrected chi connectivity index (χ2v) is 11.5. The molecule has 3 amide bonds. The predicted molar refractivity (Wildman–Crippen MR) is 166 cm³/mol. The monoisotopic (exact) mass is 601 g/mol. The van der Waals surface area contributed by atoms with E-state index in [9.17, 15) is 18.8 Å². The maximum atomic E-state index is 14.2. The van der Waals surface area contributed by atoms with E-state index in [0.29, 0.717) is 62.4 Å². The minimum absolute atomic E-state index is 0.0205. The first kappa shape index (κ1) is 31.0. The van der Waals surface area contributed by atoms with Gasteiger partial charge in [-0.2, -0.15) is 0 Å². The molecule has 0 aromatic heterocycles. The lowest BCUT2D eigenvalue weighted by Crippen LogP contribution is -2.51. The number of carbonyl (C=O) groups excluding carboxylic acids is 3. The van der Waals surface area contributed by atoms with Gasteiger partial charge < -0.3 is 24.6 Å². The van der Waals surface area contributed by atoms with Crippen LogP contribution in [0.2, 0.25) is 0 Å². The van der Waals surface area contributed by atoms with E-state index >= 15 is 0 Å². The molecular formula is C35H40FN3O5. The highest BCUT2D eigenvalue weighted by Crippen LogP contribution is 2.43. The summed E-state index contributed by atoms with van der Waals surface area (Å²) in [5.41, 5.74) is 3.18. The molecule has 9 heteroatoms. The number of anilines is 1. The molecule has 232 valence electrons. The molecule has 0 spiro atoms. The molecule has 44 heavy (non-hydrogen) atoms. The summed E-state index contributed by atoms with van der Waals surface area (Å²) in [6, 6.07) is 19.3. The maximum Gasteiger partial charge on any atom is 0.228 e. The lowest BCUT2D eigenvalue weighted by Gasteiger charge is -2.43. The summed E-state index contributed by atoms with van der Waals surface area (Å²) in [4.78, 5) is 44.1. The van der Waals surface area contributed by atoms with E-state index in [1.165, 1.54) is 6.07 Å². The smallest absolute Gasteiger partial charge is 0.228 e. The van der Waals surface area contributed by atoms with Gasteiger partial charge in [0.1, 0.15) is 5.82 Å². The van der Waals surface area contributed by atoms with Crippen molar-refractivity contribution in [2.24, 2.45) is 11.8 Å². The molecule has 0 aliphatic carbocycles. The molecule has 5 rings (SSSR count). The van der Waals surface area contributed by atoms with Gasteiger partial charge in [-0.1, -0.05) is 42.0 Å². The fourth-order valence-corrected chi connectivity index (χ4v) is 6.34. The van der Waals surface area contributed by atoms with Gasteiger partial charge in [0.05, 0.1) is 26.2 Å². The van der Waals surface area contributed by atoms with Gasteiger partial charge in [-0.15, -0.1) is 0 Å². The number of likely N-dealkylation sites (tertiary alicyclic amines) is 1. The van der Waals surface area contributed by atoms with E-state index < -0.39 is 12.0 Å². The largest absolute Gasteiger partial charge is 0.493 e. The Morgan fingerprint density at radius 2 is 1.64 bits per heavy atom. The number of nitrogens with zero attached hydrogens (tertiary/aromatic N) is 2. The van der Waals surface area contributed by atoms with Crippen LogP contribution in [-0.4, -0.2) is 56.5 Å². The van der Waals surface area contributed by atoms with E-state index in [-0.39, 0.29) is 35.9 Å². The fraction of sp³-hybridized carbons (Fsp3) is 0.400. The lowest BCUT2D eigenvalue weighted by molar-refractivity contribution is -0.141. The standard InChI is InChI=1S/C35H40FN3O5/c1-23-8-11-27(12-9-23)39-32(40)15-13-28(33(39)26-10-14-30(43-2)31(22-26)44-3)35(42)38-20-17-25(18-21-38)34(41)37-19-16-24-6-4-5-7-29(24)36/h4-12,14,22,25,28,33H,13,15-21H2,1-3H3,(H,37,41). The molecular weight excluding hydrogens is 561 g/mol. The molecule has 2 heterocycles. The third-order valence-electron chi connectivity index (χ3n) is 8.80. The summed E-state index contributed by atoms with van der Waals surface area (Å²) >= 11 is 0. The second kappa shape index (κ2) is 13.9. The Labute approximate surface area is 258 Å². The van der Waals surface area contributed by atoms with Crippen molar-refractivity contribution in [3.63, 3.8) is 0 Å². The summed E-state index contributed by atoms with van der Waals surface area (Å²) in [5.74, 6) is 0.0147. The Balaban J connectivity index is 1.31.